The molecule has 1 unspecified atom stereocenters. The maximum absolute atomic E-state index is 13.8. The molecule has 1 aliphatic carbocycles. The van der Waals surface area contributed by atoms with Crippen molar-refractivity contribution in [3.05, 3.63) is 34.6 Å². The van der Waals surface area contributed by atoms with Crippen LogP contribution in [-0.4, -0.2) is 23.2 Å². The second-order valence-corrected chi connectivity index (χ2v) is 6.04. The second kappa shape index (κ2) is 5.44. The van der Waals surface area contributed by atoms with Gasteiger partial charge in [-0.15, -0.1) is 11.3 Å². The Morgan fingerprint density at radius 1 is 1.52 bits per heavy atom. The monoisotopic (exact) mass is 307 g/mol. The van der Waals surface area contributed by atoms with Gasteiger partial charge in [-0.1, -0.05) is 0 Å². The number of halogens is 1. The standard InChI is InChI=1S/C15H14FNO3S/c1-20-11-6-5-8(7-10(11)16)14-17-13-9(15(18)19)3-2-4-12(13)21-14/h5-7,9H,2-4H2,1H3,(H,18,19). The molecule has 0 saturated heterocycles. The largest absolute Gasteiger partial charge is 0.494 e. The van der Waals surface area contributed by atoms with Crippen LogP contribution in [0.2, 0.25) is 0 Å². The van der Waals surface area contributed by atoms with Crippen LogP contribution in [0.1, 0.15) is 29.3 Å². The minimum atomic E-state index is -0.839. The van der Waals surface area contributed by atoms with Gasteiger partial charge in [0.05, 0.1) is 18.7 Å². The van der Waals surface area contributed by atoms with Crippen LogP contribution >= 0.6 is 11.3 Å². The third-order valence-corrected chi connectivity index (χ3v) is 4.83. The van der Waals surface area contributed by atoms with Gasteiger partial charge in [0.25, 0.3) is 0 Å². The third kappa shape index (κ3) is 2.51. The van der Waals surface area contributed by atoms with E-state index in [0.29, 0.717) is 22.7 Å². The predicted molar refractivity (Wildman–Crippen MR) is 77.4 cm³/mol. The zero-order valence-corrected chi connectivity index (χ0v) is 12.2. The van der Waals surface area contributed by atoms with Gasteiger partial charge >= 0.3 is 5.97 Å². The number of hydrogen-bond donors (Lipinski definition) is 1. The van der Waals surface area contributed by atoms with Crippen LogP contribution in [0.3, 0.4) is 0 Å². The number of carboxylic acids is 1. The van der Waals surface area contributed by atoms with E-state index in [0.717, 1.165) is 17.7 Å². The van der Waals surface area contributed by atoms with Crippen molar-refractivity contribution in [2.75, 3.05) is 7.11 Å². The highest BCUT2D eigenvalue weighted by atomic mass is 32.1. The quantitative estimate of drug-likeness (QED) is 0.943. The number of rotatable bonds is 3. The number of nitrogens with zero attached hydrogens (tertiary/aromatic N) is 1. The van der Waals surface area contributed by atoms with Crippen LogP contribution < -0.4 is 4.74 Å². The number of aliphatic carboxylic acids is 1. The minimum Gasteiger partial charge on any atom is -0.494 e. The zero-order valence-electron chi connectivity index (χ0n) is 11.4. The molecule has 0 amide bonds. The average molecular weight is 307 g/mol. The van der Waals surface area contributed by atoms with Gasteiger partial charge in [-0.2, -0.15) is 0 Å². The van der Waals surface area contributed by atoms with Crippen molar-refractivity contribution < 1.29 is 19.0 Å². The topological polar surface area (TPSA) is 59.4 Å². The summed E-state index contributed by atoms with van der Waals surface area (Å²) in [6.45, 7) is 0. The maximum Gasteiger partial charge on any atom is 0.312 e. The Kier molecular flexibility index (Phi) is 3.63. The number of carboxylic acid groups (broad SMARTS) is 1. The molecule has 0 radical (unpaired) electrons. The van der Waals surface area contributed by atoms with Gasteiger partial charge in [-0.05, 0) is 37.5 Å². The molecule has 6 heteroatoms. The molecular formula is C15H14FNO3S. The van der Waals surface area contributed by atoms with Crippen LogP contribution in [0, 0.1) is 5.82 Å². The molecule has 3 rings (SSSR count). The first-order valence-electron chi connectivity index (χ1n) is 6.66. The molecule has 0 aliphatic heterocycles. The van der Waals surface area contributed by atoms with Crippen molar-refractivity contribution in [1.82, 2.24) is 4.98 Å². The highest BCUT2D eigenvalue weighted by molar-refractivity contribution is 7.15. The number of aromatic nitrogens is 1. The molecule has 0 fully saturated rings. The molecule has 0 spiro atoms. The van der Waals surface area contributed by atoms with E-state index in [1.165, 1.54) is 24.5 Å². The molecule has 1 heterocycles. The van der Waals surface area contributed by atoms with Crippen LogP contribution in [0.25, 0.3) is 10.6 Å². The first kappa shape index (κ1) is 14.0. The molecule has 1 aromatic carbocycles. The van der Waals surface area contributed by atoms with Crippen molar-refractivity contribution >= 4 is 17.3 Å². The van der Waals surface area contributed by atoms with Crippen molar-refractivity contribution in [1.29, 1.82) is 0 Å². The van der Waals surface area contributed by atoms with E-state index in [4.69, 9.17) is 4.74 Å². The van der Waals surface area contributed by atoms with Crippen LogP contribution in [0.15, 0.2) is 18.2 Å². The van der Waals surface area contributed by atoms with E-state index >= 15 is 0 Å². The summed E-state index contributed by atoms with van der Waals surface area (Å²) in [7, 11) is 1.41. The number of carbonyl (C=O) groups is 1. The molecule has 1 N–H and O–H groups in total. The Morgan fingerprint density at radius 3 is 3.00 bits per heavy atom. The molecule has 2 aromatic rings. The van der Waals surface area contributed by atoms with Gasteiger partial charge in [-0.3, -0.25) is 4.79 Å². The predicted octanol–water partition coefficient (Wildman–Crippen LogP) is 3.46. The van der Waals surface area contributed by atoms with Crippen molar-refractivity contribution in [2.24, 2.45) is 0 Å². The lowest BCUT2D eigenvalue weighted by atomic mass is 9.91. The van der Waals surface area contributed by atoms with E-state index in [2.05, 4.69) is 4.98 Å². The fraction of sp³-hybridized carbons (Fsp3) is 0.333. The summed E-state index contributed by atoms with van der Waals surface area (Å²) in [5, 5.41) is 9.93. The number of aryl methyl sites for hydroxylation is 1. The Bertz CT molecular complexity index is 698. The number of ether oxygens (including phenoxy) is 1. The number of benzene rings is 1. The number of methoxy groups -OCH3 is 1. The summed E-state index contributed by atoms with van der Waals surface area (Å²) in [6, 6.07) is 4.67. The maximum atomic E-state index is 13.8. The Morgan fingerprint density at radius 2 is 2.33 bits per heavy atom. The van der Waals surface area contributed by atoms with Crippen molar-refractivity contribution in [2.45, 2.75) is 25.2 Å². The summed E-state index contributed by atoms with van der Waals surface area (Å²) in [4.78, 5) is 16.7. The molecular weight excluding hydrogens is 293 g/mol. The molecule has 0 bridgehead atoms. The van der Waals surface area contributed by atoms with E-state index in [1.807, 2.05) is 0 Å². The molecule has 1 aliphatic rings. The zero-order chi connectivity index (χ0) is 15.0. The lowest BCUT2D eigenvalue weighted by Crippen LogP contribution is -2.17. The van der Waals surface area contributed by atoms with E-state index in [1.54, 1.807) is 12.1 Å². The molecule has 1 aromatic heterocycles. The summed E-state index contributed by atoms with van der Waals surface area (Å²) < 4.78 is 18.7. The fourth-order valence-corrected chi connectivity index (χ4v) is 3.74. The highest BCUT2D eigenvalue weighted by Crippen LogP contribution is 2.38. The van der Waals surface area contributed by atoms with Crippen LogP contribution in [-0.2, 0) is 11.2 Å². The summed E-state index contributed by atoms with van der Waals surface area (Å²) >= 11 is 1.45. The van der Waals surface area contributed by atoms with Crippen molar-refractivity contribution in [3.63, 3.8) is 0 Å². The third-order valence-electron chi connectivity index (χ3n) is 3.65. The van der Waals surface area contributed by atoms with E-state index in [-0.39, 0.29) is 5.75 Å². The average Bonchev–Trinajstić information content (AvgIpc) is 2.90. The van der Waals surface area contributed by atoms with E-state index in [9.17, 15) is 14.3 Å². The first-order chi connectivity index (χ1) is 10.1. The molecule has 21 heavy (non-hydrogen) atoms. The Labute approximate surface area is 125 Å². The van der Waals surface area contributed by atoms with Crippen LogP contribution in [0.5, 0.6) is 5.75 Å². The lowest BCUT2D eigenvalue weighted by molar-refractivity contribution is -0.139. The van der Waals surface area contributed by atoms with Gasteiger partial charge in [0.1, 0.15) is 5.01 Å². The molecule has 4 nitrogen and oxygen atoms in total. The summed E-state index contributed by atoms with van der Waals surface area (Å²) in [6.07, 6.45) is 2.31. The number of fused-ring (bicyclic) bond motifs is 1. The van der Waals surface area contributed by atoms with Gasteiger partial charge in [0.15, 0.2) is 11.6 Å². The van der Waals surface area contributed by atoms with Crippen molar-refractivity contribution in [3.8, 4) is 16.3 Å². The van der Waals surface area contributed by atoms with Gasteiger partial charge in [-0.25, -0.2) is 9.37 Å². The Balaban J connectivity index is 2.01. The fourth-order valence-electron chi connectivity index (χ4n) is 2.58. The number of hydrogen-bond acceptors (Lipinski definition) is 4. The van der Waals surface area contributed by atoms with Gasteiger partial charge in [0.2, 0.25) is 0 Å². The lowest BCUT2D eigenvalue weighted by Gasteiger charge is -2.16. The normalized spacial score (nSPS) is 17.3. The summed E-state index contributed by atoms with van der Waals surface area (Å²) in [5.41, 5.74) is 1.29. The first-order valence-corrected chi connectivity index (χ1v) is 7.48. The van der Waals surface area contributed by atoms with Crippen LogP contribution in [0.4, 0.5) is 4.39 Å². The molecule has 110 valence electrons. The second-order valence-electron chi connectivity index (χ2n) is 4.96. The smallest absolute Gasteiger partial charge is 0.312 e. The SMILES string of the molecule is COc1ccc(-c2nc3c(s2)CCCC3C(=O)O)cc1F. The minimum absolute atomic E-state index is 0.184. The van der Waals surface area contributed by atoms with Gasteiger partial charge in [0, 0.05) is 10.4 Å². The molecule has 1 atom stereocenters. The highest BCUT2D eigenvalue weighted by Gasteiger charge is 2.30. The van der Waals surface area contributed by atoms with Gasteiger partial charge < -0.3 is 9.84 Å². The molecule has 0 saturated carbocycles. The summed E-state index contributed by atoms with van der Waals surface area (Å²) in [5.74, 6) is -1.64. The van der Waals surface area contributed by atoms with E-state index < -0.39 is 17.7 Å². The Hall–Kier alpha value is -1.95. The number of thiazole rings is 1.